The number of alkyl halides is 3. The first-order valence-electron chi connectivity index (χ1n) is 5.74. The second-order valence-corrected chi connectivity index (χ2v) is 4.70. The molecule has 0 aliphatic heterocycles. The summed E-state index contributed by atoms with van der Waals surface area (Å²) in [6, 6.07) is 4.78. The van der Waals surface area contributed by atoms with Gasteiger partial charge in [-0.05, 0) is 17.5 Å². The molecule has 0 aliphatic rings. The summed E-state index contributed by atoms with van der Waals surface area (Å²) in [5.41, 5.74) is -0.386. The molecule has 0 fully saturated rings. The van der Waals surface area contributed by atoms with Crippen molar-refractivity contribution in [2.75, 3.05) is 0 Å². The van der Waals surface area contributed by atoms with Gasteiger partial charge in [0.1, 0.15) is 0 Å². The third-order valence-electron chi connectivity index (χ3n) is 2.78. The molecule has 0 radical (unpaired) electrons. The van der Waals surface area contributed by atoms with Crippen molar-refractivity contribution < 1.29 is 23.4 Å². The van der Waals surface area contributed by atoms with Gasteiger partial charge in [-0.15, -0.1) is 0 Å². The molecule has 2 N–H and O–H groups in total. The van der Waals surface area contributed by atoms with E-state index in [4.69, 9.17) is 0 Å². The van der Waals surface area contributed by atoms with Crippen LogP contribution in [0.5, 0.6) is 0 Å². The molecule has 0 heterocycles. The molecule has 0 spiro atoms. The lowest BCUT2D eigenvalue weighted by molar-refractivity contribution is -0.137. The van der Waals surface area contributed by atoms with E-state index in [0.717, 1.165) is 12.1 Å². The van der Waals surface area contributed by atoms with Crippen LogP contribution < -0.4 is 0 Å². The predicted octanol–water partition coefficient (Wildman–Crippen LogP) is 2.63. The quantitative estimate of drug-likeness (QED) is 0.875. The van der Waals surface area contributed by atoms with Crippen LogP contribution in [-0.4, -0.2) is 22.4 Å². The molecule has 2 nitrogen and oxygen atoms in total. The Bertz CT molecular complexity index is 388. The van der Waals surface area contributed by atoms with E-state index in [0.29, 0.717) is 5.56 Å². The summed E-state index contributed by atoms with van der Waals surface area (Å²) in [6.07, 6.45) is -6.39. The predicted molar refractivity (Wildman–Crippen MR) is 62.0 cm³/mol. The highest BCUT2D eigenvalue weighted by molar-refractivity contribution is 5.26. The Labute approximate surface area is 104 Å². The molecule has 0 aromatic heterocycles. The molecular formula is C13H17F3O2. The second kappa shape index (κ2) is 5.71. The summed E-state index contributed by atoms with van der Waals surface area (Å²) in [6.45, 7) is 3.47. The number of hydrogen-bond donors (Lipinski definition) is 2. The highest BCUT2D eigenvalue weighted by atomic mass is 19.4. The zero-order chi connectivity index (χ0) is 13.9. The lowest BCUT2D eigenvalue weighted by Gasteiger charge is -2.21. The van der Waals surface area contributed by atoms with Crippen LogP contribution >= 0.6 is 0 Å². The average Bonchev–Trinajstić information content (AvgIpc) is 2.27. The van der Waals surface area contributed by atoms with E-state index in [1.54, 1.807) is 13.8 Å². The lowest BCUT2D eigenvalue weighted by Crippen LogP contribution is -2.32. The first-order valence-corrected chi connectivity index (χ1v) is 5.74. The fourth-order valence-corrected chi connectivity index (χ4v) is 1.68. The number of benzene rings is 1. The van der Waals surface area contributed by atoms with Crippen LogP contribution in [0.3, 0.4) is 0 Å². The molecule has 102 valence electrons. The average molecular weight is 262 g/mol. The van der Waals surface area contributed by atoms with Crippen LogP contribution in [0.1, 0.15) is 25.0 Å². The molecule has 2 unspecified atom stereocenters. The summed E-state index contributed by atoms with van der Waals surface area (Å²) in [7, 11) is 0. The minimum Gasteiger partial charge on any atom is -0.390 e. The normalized spacial score (nSPS) is 15.8. The van der Waals surface area contributed by atoms with E-state index in [1.165, 1.54) is 12.1 Å². The van der Waals surface area contributed by atoms with Gasteiger partial charge in [-0.25, -0.2) is 0 Å². The van der Waals surface area contributed by atoms with Gasteiger partial charge in [-0.1, -0.05) is 32.0 Å². The van der Waals surface area contributed by atoms with Crippen molar-refractivity contribution in [3.05, 3.63) is 35.4 Å². The van der Waals surface area contributed by atoms with Gasteiger partial charge >= 0.3 is 6.18 Å². The van der Waals surface area contributed by atoms with Gasteiger partial charge in [0.15, 0.2) is 0 Å². The molecule has 0 saturated heterocycles. The Kier molecular flexibility index (Phi) is 4.76. The maximum Gasteiger partial charge on any atom is 0.416 e. The van der Waals surface area contributed by atoms with Gasteiger partial charge in [0.2, 0.25) is 0 Å². The third kappa shape index (κ3) is 3.99. The summed E-state index contributed by atoms with van der Waals surface area (Å²) < 4.78 is 37.4. The summed E-state index contributed by atoms with van der Waals surface area (Å²) >= 11 is 0. The molecule has 0 amide bonds. The highest BCUT2D eigenvalue weighted by Crippen LogP contribution is 2.29. The Morgan fingerprint density at radius 2 is 1.78 bits per heavy atom. The Balaban J connectivity index is 2.80. The molecule has 18 heavy (non-hydrogen) atoms. The Morgan fingerprint density at radius 1 is 1.17 bits per heavy atom. The van der Waals surface area contributed by atoms with Crippen molar-refractivity contribution in [3.8, 4) is 0 Å². The van der Waals surface area contributed by atoms with Crippen molar-refractivity contribution >= 4 is 0 Å². The number of aliphatic hydroxyl groups excluding tert-OH is 2. The van der Waals surface area contributed by atoms with Crippen LogP contribution in [0, 0.1) is 5.92 Å². The van der Waals surface area contributed by atoms with E-state index >= 15 is 0 Å². The fraction of sp³-hybridized carbons (Fsp3) is 0.538. The molecule has 0 aliphatic carbocycles. The fourth-order valence-electron chi connectivity index (χ4n) is 1.68. The summed E-state index contributed by atoms with van der Waals surface area (Å²) in [5.74, 6) is -0.147. The Hall–Kier alpha value is -1.07. The van der Waals surface area contributed by atoms with Gasteiger partial charge in [0.05, 0.1) is 17.8 Å². The standard InChI is InChI=1S/C13H17F3O2/c1-8(2)12(18)11(17)7-9-4-3-5-10(6-9)13(14,15)16/h3-6,8,11-12,17-18H,7H2,1-2H3. The Morgan fingerprint density at radius 3 is 2.28 bits per heavy atom. The van der Waals surface area contributed by atoms with Gasteiger partial charge in [-0.3, -0.25) is 0 Å². The highest BCUT2D eigenvalue weighted by Gasteiger charge is 2.30. The molecule has 5 heteroatoms. The van der Waals surface area contributed by atoms with E-state index in [-0.39, 0.29) is 12.3 Å². The van der Waals surface area contributed by atoms with Gasteiger partial charge in [-0.2, -0.15) is 13.2 Å². The first-order chi connectivity index (χ1) is 8.21. The first kappa shape index (κ1) is 15.0. The van der Waals surface area contributed by atoms with Crippen LogP contribution in [0.25, 0.3) is 0 Å². The van der Waals surface area contributed by atoms with Gasteiger partial charge in [0.25, 0.3) is 0 Å². The van der Waals surface area contributed by atoms with Crippen LogP contribution in [-0.2, 0) is 12.6 Å². The van der Waals surface area contributed by atoms with E-state index in [9.17, 15) is 23.4 Å². The topological polar surface area (TPSA) is 40.5 Å². The second-order valence-electron chi connectivity index (χ2n) is 4.70. The molecule has 1 aromatic carbocycles. The third-order valence-corrected chi connectivity index (χ3v) is 2.78. The minimum atomic E-state index is -4.39. The lowest BCUT2D eigenvalue weighted by atomic mass is 9.96. The largest absolute Gasteiger partial charge is 0.416 e. The molecule has 0 bridgehead atoms. The summed E-state index contributed by atoms with van der Waals surface area (Å²) in [5, 5.41) is 19.3. The molecular weight excluding hydrogens is 245 g/mol. The monoisotopic (exact) mass is 262 g/mol. The molecule has 1 rings (SSSR count). The molecule has 2 atom stereocenters. The summed E-state index contributed by atoms with van der Waals surface area (Å²) in [4.78, 5) is 0. The van der Waals surface area contributed by atoms with E-state index in [1.807, 2.05) is 0 Å². The maximum atomic E-state index is 12.5. The molecule has 0 saturated carbocycles. The zero-order valence-electron chi connectivity index (χ0n) is 10.3. The number of aliphatic hydroxyl groups is 2. The molecule has 1 aromatic rings. The smallest absolute Gasteiger partial charge is 0.390 e. The van der Waals surface area contributed by atoms with Crippen molar-refractivity contribution in [1.82, 2.24) is 0 Å². The number of hydrogen-bond acceptors (Lipinski definition) is 2. The van der Waals surface area contributed by atoms with Crippen molar-refractivity contribution in [2.24, 2.45) is 5.92 Å². The van der Waals surface area contributed by atoms with Crippen LogP contribution in [0.15, 0.2) is 24.3 Å². The maximum absolute atomic E-state index is 12.5. The number of rotatable bonds is 4. The minimum absolute atomic E-state index is 0.00324. The van der Waals surface area contributed by atoms with Gasteiger partial charge < -0.3 is 10.2 Å². The zero-order valence-corrected chi connectivity index (χ0v) is 10.3. The van der Waals surface area contributed by atoms with E-state index in [2.05, 4.69) is 0 Å². The number of halogens is 3. The van der Waals surface area contributed by atoms with Crippen molar-refractivity contribution in [3.63, 3.8) is 0 Å². The van der Waals surface area contributed by atoms with Crippen LogP contribution in [0.4, 0.5) is 13.2 Å². The SMILES string of the molecule is CC(C)C(O)C(O)Cc1cccc(C(F)(F)F)c1. The van der Waals surface area contributed by atoms with Crippen molar-refractivity contribution in [2.45, 2.75) is 38.7 Å². The van der Waals surface area contributed by atoms with E-state index < -0.39 is 23.9 Å². The van der Waals surface area contributed by atoms with Crippen molar-refractivity contribution in [1.29, 1.82) is 0 Å². The van der Waals surface area contributed by atoms with Crippen LogP contribution in [0.2, 0.25) is 0 Å². The van der Waals surface area contributed by atoms with Gasteiger partial charge in [0, 0.05) is 6.42 Å².